The molecule has 3 rings (SSSR count). The summed E-state index contributed by atoms with van der Waals surface area (Å²) in [6, 6.07) is 7.73. The van der Waals surface area contributed by atoms with Crippen molar-refractivity contribution < 1.29 is 9.59 Å². The number of carbonyl (C=O) groups excluding carboxylic acids is 2. The van der Waals surface area contributed by atoms with Gasteiger partial charge in [0.2, 0.25) is 5.91 Å². The lowest BCUT2D eigenvalue weighted by Crippen LogP contribution is -2.16. The second-order valence-electron chi connectivity index (χ2n) is 4.78. The number of rotatable bonds is 4. The Kier molecular flexibility index (Phi) is 3.90. The van der Waals surface area contributed by atoms with Crippen molar-refractivity contribution in [2.24, 2.45) is 5.73 Å². The second kappa shape index (κ2) is 6.01. The molecule has 0 unspecified atom stereocenters. The molecule has 0 aliphatic heterocycles. The van der Waals surface area contributed by atoms with E-state index in [9.17, 15) is 9.59 Å². The molecule has 0 saturated heterocycles. The van der Waals surface area contributed by atoms with Gasteiger partial charge in [0.15, 0.2) is 5.69 Å². The maximum absolute atomic E-state index is 12.0. The van der Waals surface area contributed by atoms with Gasteiger partial charge in [0.05, 0.1) is 21.6 Å². The van der Waals surface area contributed by atoms with E-state index in [0.717, 1.165) is 15.2 Å². The summed E-state index contributed by atoms with van der Waals surface area (Å²) in [5, 5.41) is 9.71. The Morgan fingerprint density at radius 3 is 2.87 bits per heavy atom. The zero-order valence-corrected chi connectivity index (χ0v) is 13.0. The largest absolute Gasteiger partial charge is 0.364 e. The van der Waals surface area contributed by atoms with Crippen LogP contribution in [0.25, 0.3) is 16.3 Å². The molecule has 0 atom stereocenters. The molecule has 0 aliphatic carbocycles. The number of aromatic nitrogens is 3. The number of hydrogen-bond donors (Lipinski definition) is 3. The van der Waals surface area contributed by atoms with Crippen molar-refractivity contribution in [2.45, 2.75) is 6.92 Å². The molecule has 1 aromatic carbocycles. The van der Waals surface area contributed by atoms with Crippen LogP contribution in [0.4, 0.5) is 5.69 Å². The van der Waals surface area contributed by atoms with Crippen LogP contribution in [0.15, 0.2) is 30.3 Å². The molecular formula is C15H13N5O2S. The number of nitrogens with two attached hydrogens (primary N) is 1. The van der Waals surface area contributed by atoms with E-state index >= 15 is 0 Å². The Morgan fingerprint density at radius 1 is 1.35 bits per heavy atom. The van der Waals surface area contributed by atoms with E-state index < -0.39 is 11.8 Å². The molecule has 0 radical (unpaired) electrons. The molecule has 7 nitrogen and oxygen atoms in total. The molecule has 2 heterocycles. The molecule has 8 heteroatoms. The van der Waals surface area contributed by atoms with Crippen LogP contribution in [0.1, 0.15) is 21.2 Å². The highest BCUT2D eigenvalue weighted by atomic mass is 32.1. The average Bonchev–Trinajstić information content (AvgIpc) is 3.09. The highest BCUT2D eigenvalue weighted by Gasteiger charge is 2.16. The van der Waals surface area contributed by atoms with E-state index in [1.54, 1.807) is 13.0 Å². The van der Waals surface area contributed by atoms with E-state index in [-0.39, 0.29) is 11.4 Å². The van der Waals surface area contributed by atoms with Crippen LogP contribution < -0.4 is 11.1 Å². The number of thiazole rings is 1. The van der Waals surface area contributed by atoms with Crippen molar-refractivity contribution in [3.63, 3.8) is 0 Å². The first-order chi connectivity index (χ1) is 11.0. The Labute approximate surface area is 135 Å². The van der Waals surface area contributed by atoms with E-state index in [4.69, 9.17) is 5.73 Å². The molecule has 0 spiro atoms. The van der Waals surface area contributed by atoms with Gasteiger partial charge in [-0.05, 0) is 25.1 Å². The van der Waals surface area contributed by atoms with Crippen LogP contribution in [-0.4, -0.2) is 27.0 Å². The predicted molar refractivity (Wildman–Crippen MR) is 89.1 cm³/mol. The third-order valence-electron chi connectivity index (χ3n) is 3.12. The van der Waals surface area contributed by atoms with Crippen molar-refractivity contribution in [3.05, 3.63) is 46.7 Å². The number of hydrogen-bond acceptors (Lipinski definition) is 5. The van der Waals surface area contributed by atoms with Gasteiger partial charge in [0, 0.05) is 6.08 Å². The fourth-order valence-electron chi connectivity index (χ4n) is 2.03. The van der Waals surface area contributed by atoms with Crippen LogP contribution >= 0.6 is 11.3 Å². The minimum atomic E-state index is -0.709. The summed E-state index contributed by atoms with van der Waals surface area (Å²) in [5.41, 5.74) is 6.95. The summed E-state index contributed by atoms with van der Waals surface area (Å²) >= 11 is 1.49. The molecule has 0 saturated carbocycles. The molecule has 0 fully saturated rings. The monoisotopic (exact) mass is 327 g/mol. The third-order valence-corrected chi connectivity index (χ3v) is 4.12. The van der Waals surface area contributed by atoms with Gasteiger partial charge >= 0.3 is 0 Å². The summed E-state index contributed by atoms with van der Waals surface area (Å²) in [5.74, 6) is -1.10. The zero-order chi connectivity index (χ0) is 16.4. The van der Waals surface area contributed by atoms with Crippen LogP contribution in [0.2, 0.25) is 0 Å². The molecule has 3 aromatic rings. The molecule has 4 N–H and O–H groups in total. The van der Waals surface area contributed by atoms with Gasteiger partial charge in [-0.15, -0.1) is 11.3 Å². The Morgan fingerprint density at radius 2 is 2.13 bits per heavy atom. The fraction of sp³-hybridized carbons (Fsp3) is 0.0667. The molecule has 116 valence electrons. The number of fused-ring (bicyclic) bond motifs is 1. The summed E-state index contributed by atoms with van der Waals surface area (Å²) in [7, 11) is 0. The van der Waals surface area contributed by atoms with Gasteiger partial charge in [-0.25, -0.2) is 4.98 Å². The number of nitrogens with zero attached hydrogens (tertiary/aromatic N) is 2. The van der Waals surface area contributed by atoms with Gasteiger partial charge in [0.1, 0.15) is 5.01 Å². The lowest BCUT2D eigenvalue weighted by Gasteiger charge is -2.01. The van der Waals surface area contributed by atoms with E-state index in [1.807, 2.05) is 24.3 Å². The summed E-state index contributed by atoms with van der Waals surface area (Å²) in [6.45, 7) is 1.69. The van der Waals surface area contributed by atoms with Crippen molar-refractivity contribution in [1.29, 1.82) is 0 Å². The smallest absolute Gasteiger partial charge is 0.271 e. The SMILES string of the molecule is Cc1[nH]nc(C(N)=O)c1NC(=O)C=Cc1nc2ccccc2s1. The number of aromatic amines is 1. The molecule has 0 bridgehead atoms. The van der Waals surface area contributed by atoms with Crippen molar-refractivity contribution >= 4 is 45.1 Å². The number of benzene rings is 1. The Balaban J connectivity index is 1.77. The molecule has 23 heavy (non-hydrogen) atoms. The van der Waals surface area contributed by atoms with Crippen molar-refractivity contribution in [3.8, 4) is 0 Å². The summed E-state index contributed by atoms with van der Waals surface area (Å²) in [4.78, 5) is 27.7. The summed E-state index contributed by atoms with van der Waals surface area (Å²) in [6.07, 6.45) is 2.98. The average molecular weight is 327 g/mol. The van der Waals surface area contributed by atoms with E-state index in [2.05, 4.69) is 20.5 Å². The summed E-state index contributed by atoms with van der Waals surface area (Å²) < 4.78 is 1.05. The maximum atomic E-state index is 12.0. The number of para-hydroxylation sites is 1. The van der Waals surface area contributed by atoms with Crippen LogP contribution in [-0.2, 0) is 4.79 Å². The number of anilines is 1. The minimum Gasteiger partial charge on any atom is -0.364 e. The van der Waals surface area contributed by atoms with Crippen LogP contribution in [0, 0.1) is 6.92 Å². The maximum Gasteiger partial charge on any atom is 0.271 e. The number of nitrogens with one attached hydrogen (secondary N) is 2. The number of primary amides is 1. The molecular weight excluding hydrogens is 314 g/mol. The minimum absolute atomic E-state index is 0.00392. The standard InChI is InChI=1S/C15H13N5O2S/c1-8-13(14(15(16)22)20-19-8)18-11(21)6-7-12-17-9-4-2-3-5-10(9)23-12/h2-7H,1H3,(H2,16,22)(H,18,21)(H,19,20). The normalized spacial score (nSPS) is 11.2. The molecule has 0 aliphatic rings. The first-order valence-electron chi connectivity index (χ1n) is 6.74. The topological polar surface area (TPSA) is 114 Å². The number of H-pyrrole nitrogens is 1. The van der Waals surface area contributed by atoms with Gasteiger partial charge in [0.25, 0.3) is 5.91 Å². The van der Waals surface area contributed by atoms with Gasteiger partial charge in [-0.1, -0.05) is 12.1 Å². The Hall–Kier alpha value is -3.00. The third kappa shape index (κ3) is 3.11. The molecule has 2 aromatic heterocycles. The van der Waals surface area contributed by atoms with Gasteiger partial charge in [-0.2, -0.15) is 5.10 Å². The number of amides is 2. The van der Waals surface area contributed by atoms with Crippen LogP contribution in [0.3, 0.4) is 0 Å². The van der Waals surface area contributed by atoms with Gasteiger partial charge < -0.3 is 11.1 Å². The highest BCUT2D eigenvalue weighted by Crippen LogP contribution is 2.22. The van der Waals surface area contributed by atoms with Gasteiger partial charge in [-0.3, -0.25) is 14.7 Å². The van der Waals surface area contributed by atoms with E-state index in [0.29, 0.717) is 5.69 Å². The quantitative estimate of drug-likeness (QED) is 0.636. The van der Waals surface area contributed by atoms with E-state index in [1.165, 1.54) is 17.4 Å². The number of carbonyl (C=O) groups is 2. The molecule has 2 amide bonds. The first-order valence-corrected chi connectivity index (χ1v) is 7.55. The lowest BCUT2D eigenvalue weighted by molar-refractivity contribution is -0.111. The zero-order valence-electron chi connectivity index (χ0n) is 12.2. The first kappa shape index (κ1) is 14.9. The predicted octanol–water partition coefficient (Wildman–Crippen LogP) is 2.08. The Bertz CT molecular complexity index is 892. The lowest BCUT2D eigenvalue weighted by atomic mass is 10.3. The van der Waals surface area contributed by atoms with Crippen molar-refractivity contribution in [1.82, 2.24) is 15.2 Å². The van der Waals surface area contributed by atoms with Crippen LogP contribution in [0.5, 0.6) is 0 Å². The fourth-order valence-corrected chi connectivity index (χ4v) is 2.90. The highest BCUT2D eigenvalue weighted by molar-refractivity contribution is 7.19. The number of aryl methyl sites for hydroxylation is 1. The second-order valence-corrected chi connectivity index (χ2v) is 5.84. The van der Waals surface area contributed by atoms with Crippen molar-refractivity contribution in [2.75, 3.05) is 5.32 Å².